The number of aromatic nitrogens is 2. The van der Waals surface area contributed by atoms with Crippen molar-refractivity contribution in [2.24, 2.45) is 7.05 Å². The minimum absolute atomic E-state index is 0.210. The van der Waals surface area contributed by atoms with Crippen molar-refractivity contribution in [3.63, 3.8) is 0 Å². The third kappa shape index (κ3) is 2.74. The van der Waals surface area contributed by atoms with Gasteiger partial charge in [-0.25, -0.2) is 0 Å². The molecule has 0 aliphatic carbocycles. The molecule has 1 heterocycles. The summed E-state index contributed by atoms with van der Waals surface area (Å²) in [4.78, 5) is 0. The Morgan fingerprint density at radius 1 is 1.44 bits per heavy atom. The Morgan fingerprint density at radius 3 is 2.83 bits per heavy atom. The van der Waals surface area contributed by atoms with Gasteiger partial charge in [-0.15, -0.1) is 0 Å². The van der Waals surface area contributed by atoms with E-state index >= 15 is 0 Å². The highest BCUT2D eigenvalue weighted by molar-refractivity contribution is 6.32. The summed E-state index contributed by atoms with van der Waals surface area (Å²) in [7, 11) is 3.89. The lowest BCUT2D eigenvalue weighted by Crippen LogP contribution is -2.19. The van der Waals surface area contributed by atoms with Gasteiger partial charge in [-0.05, 0) is 37.1 Å². The van der Waals surface area contributed by atoms with Gasteiger partial charge in [-0.2, -0.15) is 5.10 Å². The van der Waals surface area contributed by atoms with E-state index in [2.05, 4.69) is 16.5 Å². The third-order valence-electron chi connectivity index (χ3n) is 3.14. The summed E-state index contributed by atoms with van der Waals surface area (Å²) in [5.74, 6) is 0. The van der Waals surface area contributed by atoms with Gasteiger partial charge >= 0.3 is 0 Å². The molecule has 0 aliphatic heterocycles. The van der Waals surface area contributed by atoms with E-state index in [0.717, 1.165) is 22.6 Å². The number of aryl methyl sites for hydroxylation is 2. The predicted molar refractivity (Wildman–Crippen MR) is 74.9 cm³/mol. The van der Waals surface area contributed by atoms with Crippen LogP contribution in [0.3, 0.4) is 0 Å². The topological polar surface area (TPSA) is 29.9 Å². The first-order valence-electron chi connectivity index (χ1n) is 6.01. The van der Waals surface area contributed by atoms with Crippen LogP contribution >= 0.6 is 11.6 Å². The number of halogens is 1. The van der Waals surface area contributed by atoms with Crippen LogP contribution in [-0.2, 0) is 13.5 Å². The van der Waals surface area contributed by atoms with Crippen molar-refractivity contribution < 1.29 is 0 Å². The molecule has 18 heavy (non-hydrogen) atoms. The highest BCUT2D eigenvalue weighted by Crippen LogP contribution is 2.28. The van der Waals surface area contributed by atoms with Crippen molar-refractivity contribution in [2.75, 3.05) is 7.05 Å². The number of rotatable bonds is 4. The first-order chi connectivity index (χ1) is 8.61. The van der Waals surface area contributed by atoms with E-state index in [4.69, 9.17) is 11.6 Å². The molecule has 0 radical (unpaired) electrons. The molecule has 0 bridgehead atoms. The molecule has 1 aromatic carbocycles. The van der Waals surface area contributed by atoms with Crippen molar-refractivity contribution in [1.82, 2.24) is 15.1 Å². The summed E-state index contributed by atoms with van der Waals surface area (Å²) >= 11 is 6.38. The molecule has 0 aliphatic rings. The zero-order chi connectivity index (χ0) is 13.1. The average molecular weight is 264 g/mol. The van der Waals surface area contributed by atoms with Gasteiger partial charge in [0.05, 0.1) is 6.20 Å². The Bertz CT molecular complexity index is 534. The van der Waals surface area contributed by atoms with Gasteiger partial charge in [-0.1, -0.05) is 29.8 Å². The lowest BCUT2D eigenvalue weighted by molar-refractivity contribution is 0.591. The molecule has 0 saturated carbocycles. The molecule has 2 aromatic rings. The summed E-state index contributed by atoms with van der Waals surface area (Å²) < 4.78 is 1.82. The van der Waals surface area contributed by atoms with E-state index in [9.17, 15) is 0 Å². The van der Waals surface area contributed by atoms with Crippen LogP contribution < -0.4 is 5.32 Å². The van der Waals surface area contributed by atoms with Crippen LogP contribution in [-0.4, -0.2) is 16.8 Å². The highest BCUT2D eigenvalue weighted by atomic mass is 35.5. The minimum Gasteiger partial charge on any atom is -0.313 e. The maximum Gasteiger partial charge on any atom is 0.0522 e. The molecule has 96 valence electrons. The van der Waals surface area contributed by atoms with E-state index in [1.165, 1.54) is 5.56 Å². The first kappa shape index (κ1) is 13.1. The third-order valence-corrected chi connectivity index (χ3v) is 3.66. The molecule has 1 unspecified atom stereocenters. The molecule has 0 spiro atoms. The van der Waals surface area contributed by atoms with Crippen LogP contribution in [0.5, 0.6) is 0 Å². The number of likely N-dealkylation sites (N-methyl/N-ethyl adjacent to an activating group) is 1. The van der Waals surface area contributed by atoms with E-state index in [-0.39, 0.29) is 6.04 Å². The fourth-order valence-electron chi connectivity index (χ4n) is 2.12. The van der Waals surface area contributed by atoms with Gasteiger partial charge in [0, 0.05) is 24.3 Å². The average Bonchev–Trinajstić information content (AvgIpc) is 2.76. The monoisotopic (exact) mass is 263 g/mol. The van der Waals surface area contributed by atoms with Gasteiger partial charge in [0.2, 0.25) is 0 Å². The molecule has 1 atom stereocenters. The largest absolute Gasteiger partial charge is 0.313 e. The van der Waals surface area contributed by atoms with E-state index in [1.54, 1.807) is 0 Å². The second kappa shape index (κ2) is 5.55. The van der Waals surface area contributed by atoms with Crippen LogP contribution in [0.25, 0.3) is 0 Å². The quantitative estimate of drug-likeness (QED) is 0.919. The number of hydrogen-bond acceptors (Lipinski definition) is 2. The molecule has 4 heteroatoms. The lowest BCUT2D eigenvalue weighted by Gasteiger charge is -2.18. The second-order valence-electron chi connectivity index (χ2n) is 4.55. The molecule has 1 aromatic heterocycles. The van der Waals surface area contributed by atoms with Gasteiger partial charge in [0.25, 0.3) is 0 Å². The first-order valence-corrected chi connectivity index (χ1v) is 6.39. The summed E-state index contributed by atoms with van der Waals surface area (Å²) in [5.41, 5.74) is 3.46. The molecule has 3 nitrogen and oxygen atoms in total. The van der Waals surface area contributed by atoms with E-state index < -0.39 is 0 Å². The van der Waals surface area contributed by atoms with Gasteiger partial charge in [-0.3, -0.25) is 4.68 Å². The Hall–Kier alpha value is -1.32. The normalized spacial score (nSPS) is 12.7. The summed E-state index contributed by atoms with van der Waals surface area (Å²) in [5, 5.41) is 8.36. The van der Waals surface area contributed by atoms with Crippen LogP contribution in [0.1, 0.15) is 22.7 Å². The molecular formula is C14H18ClN3. The van der Waals surface area contributed by atoms with Crippen LogP contribution in [0.4, 0.5) is 0 Å². The standard InChI is InChI=1S/C14H18ClN3/c1-10-5-4-6-12(14(10)15)13(16-2)7-11-8-17-18(3)9-11/h4-6,8-9,13,16H,7H2,1-3H3. The fraction of sp³-hybridized carbons (Fsp3) is 0.357. The van der Waals surface area contributed by atoms with Crippen molar-refractivity contribution in [2.45, 2.75) is 19.4 Å². The summed E-state index contributed by atoms with van der Waals surface area (Å²) in [6.07, 6.45) is 4.82. The fourth-order valence-corrected chi connectivity index (χ4v) is 2.38. The molecule has 2 rings (SSSR count). The maximum atomic E-state index is 6.38. The Morgan fingerprint density at radius 2 is 2.22 bits per heavy atom. The molecule has 0 fully saturated rings. The molecule has 0 saturated heterocycles. The van der Waals surface area contributed by atoms with Crippen LogP contribution in [0.2, 0.25) is 5.02 Å². The predicted octanol–water partition coefficient (Wildman–Crippen LogP) is 2.89. The molecule has 1 N–H and O–H groups in total. The highest BCUT2D eigenvalue weighted by Gasteiger charge is 2.15. The zero-order valence-corrected chi connectivity index (χ0v) is 11.7. The second-order valence-corrected chi connectivity index (χ2v) is 4.92. The van der Waals surface area contributed by atoms with Gasteiger partial charge < -0.3 is 5.32 Å². The van der Waals surface area contributed by atoms with Crippen molar-refractivity contribution >= 4 is 11.6 Å². The minimum atomic E-state index is 0.210. The van der Waals surface area contributed by atoms with Crippen molar-refractivity contribution in [3.05, 3.63) is 52.3 Å². The lowest BCUT2D eigenvalue weighted by atomic mass is 9.99. The number of benzene rings is 1. The molecular weight excluding hydrogens is 246 g/mol. The SMILES string of the molecule is CNC(Cc1cnn(C)c1)c1cccc(C)c1Cl. The number of nitrogens with zero attached hydrogens (tertiary/aromatic N) is 2. The van der Waals surface area contributed by atoms with Gasteiger partial charge in [0.15, 0.2) is 0 Å². The molecule has 0 amide bonds. The summed E-state index contributed by atoms with van der Waals surface area (Å²) in [6, 6.07) is 6.36. The van der Waals surface area contributed by atoms with E-state index in [1.807, 2.05) is 50.2 Å². The summed E-state index contributed by atoms with van der Waals surface area (Å²) in [6.45, 7) is 2.03. The number of nitrogens with one attached hydrogen (secondary N) is 1. The Labute approximate surface area is 113 Å². The zero-order valence-electron chi connectivity index (χ0n) is 10.9. The van der Waals surface area contributed by atoms with E-state index in [0.29, 0.717) is 0 Å². The Kier molecular flexibility index (Phi) is 4.04. The van der Waals surface area contributed by atoms with Crippen LogP contribution in [0.15, 0.2) is 30.6 Å². The smallest absolute Gasteiger partial charge is 0.0522 e. The van der Waals surface area contributed by atoms with Crippen LogP contribution in [0, 0.1) is 6.92 Å². The van der Waals surface area contributed by atoms with Gasteiger partial charge in [0.1, 0.15) is 0 Å². The van der Waals surface area contributed by atoms with Crippen molar-refractivity contribution in [1.29, 1.82) is 0 Å². The Balaban J connectivity index is 2.25. The van der Waals surface area contributed by atoms with Crippen molar-refractivity contribution in [3.8, 4) is 0 Å². The maximum absolute atomic E-state index is 6.38. The number of hydrogen-bond donors (Lipinski definition) is 1.